The number of hydrogen-bond acceptors (Lipinski definition) is 3. The molecule has 1 aliphatic rings. The number of carbonyl (C=O) groups is 1. The molecule has 0 N–H and O–H groups in total. The molecule has 0 saturated carbocycles. The van der Waals surface area contributed by atoms with Crippen molar-refractivity contribution in [3.8, 4) is 5.69 Å². The molecule has 0 saturated heterocycles. The molecule has 5 heteroatoms. The van der Waals surface area contributed by atoms with Gasteiger partial charge in [0, 0.05) is 25.3 Å². The van der Waals surface area contributed by atoms with E-state index in [-0.39, 0.29) is 11.9 Å². The molecule has 1 aromatic heterocycles. The van der Waals surface area contributed by atoms with Gasteiger partial charge in [0.25, 0.3) is 5.91 Å². The van der Waals surface area contributed by atoms with E-state index in [0.29, 0.717) is 5.69 Å². The molecule has 27 heavy (non-hydrogen) atoms. The largest absolute Gasteiger partial charge is 0.373 e. The van der Waals surface area contributed by atoms with Crippen molar-refractivity contribution in [3.05, 3.63) is 72.1 Å². The van der Waals surface area contributed by atoms with Crippen LogP contribution in [-0.4, -0.2) is 35.3 Å². The van der Waals surface area contributed by atoms with Crippen LogP contribution < -0.4 is 9.80 Å². The van der Waals surface area contributed by atoms with E-state index in [1.807, 2.05) is 71.1 Å². The molecule has 0 fully saturated rings. The maximum absolute atomic E-state index is 13.5. The predicted octanol–water partition coefficient (Wildman–Crippen LogP) is 4.06. The Kier molecular flexibility index (Phi) is 4.44. The molecule has 1 amide bonds. The van der Waals surface area contributed by atoms with Crippen molar-refractivity contribution >= 4 is 17.3 Å². The summed E-state index contributed by atoms with van der Waals surface area (Å²) >= 11 is 0. The molecule has 3 aromatic rings. The van der Waals surface area contributed by atoms with E-state index < -0.39 is 0 Å². The second-order valence-corrected chi connectivity index (χ2v) is 7.14. The van der Waals surface area contributed by atoms with Crippen molar-refractivity contribution < 1.29 is 4.79 Å². The summed E-state index contributed by atoms with van der Waals surface area (Å²) in [6.45, 7) is 5.00. The Hall–Kier alpha value is -3.08. The highest BCUT2D eigenvalue weighted by Gasteiger charge is 2.30. The van der Waals surface area contributed by atoms with Gasteiger partial charge < -0.3 is 9.80 Å². The minimum absolute atomic E-state index is 0.0527. The van der Waals surface area contributed by atoms with Crippen molar-refractivity contribution in [1.82, 2.24) is 9.78 Å². The second-order valence-electron chi connectivity index (χ2n) is 7.14. The lowest BCUT2D eigenvalue weighted by Gasteiger charge is -2.27. The van der Waals surface area contributed by atoms with Crippen molar-refractivity contribution in [2.24, 2.45) is 0 Å². The van der Waals surface area contributed by atoms with E-state index in [0.717, 1.165) is 35.7 Å². The number of benzene rings is 2. The summed E-state index contributed by atoms with van der Waals surface area (Å²) in [7, 11) is 2.08. The molecule has 0 unspecified atom stereocenters. The van der Waals surface area contributed by atoms with Crippen LogP contribution in [0.2, 0.25) is 0 Å². The summed E-state index contributed by atoms with van der Waals surface area (Å²) in [5.41, 5.74) is 4.40. The number of carbonyl (C=O) groups excluding carboxylic acids is 1. The van der Waals surface area contributed by atoms with E-state index in [9.17, 15) is 4.79 Å². The van der Waals surface area contributed by atoms with Crippen LogP contribution in [0.25, 0.3) is 5.69 Å². The first-order valence-electron chi connectivity index (χ1n) is 9.32. The van der Waals surface area contributed by atoms with Crippen molar-refractivity contribution in [2.75, 3.05) is 23.4 Å². The van der Waals surface area contributed by atoms with E-state index in [1.165, 1.54) is 0 Å². The topological polar surface area (TPSA) is 41.4 Å². The molecular weight excluding hydrogens is 336 g/mol. The van der Waals surface area contributed by atoms with Crippen molar-refractivity contribution in [2.45, 2.75) is 26.3 Å². The van der Waals surface area contributed by atoms with Crippen LogP contribution >= 0.6 is 0 Å². The molecule has 1 atom stereocenters. The lowest BCUT2D eigenvalue weighted by Crippen LogP contribution is -2.38. The van der Waals surface area contributed by atoms with Crippen LogP contribution in [0.3, 0.4) is 0 Å². The van der Waals surface area contributed by atoms with Gasteiger partial charge in [-0.2, -0.15) is 5.10 Å². The fourth-order valence-electron chi connectivity index (χ4n) is 3.70. The van der Waals surface area contributed by atoms with Gasteiger partial charge in [-0.3, -0.25) is 4.79 Å². The van der Waals surface area contributed by atoms with Gasteiger partial charge in [-0.15, -0.1) is 0 Å². The average Bonchev–Trinajstić information content (AvgIpc) is 3.03. The van der Waals surface area contributed by atoms with Crippen molar-refractivity contribution in [3.63, 3.8) is 0 Å². The molecule has 1 aliphatic heterocycles. The number of aryl methyl sites for hydroxylation is 1. The third-order valence-corrected chi connectivity index (χ3v) is 5.20. The summed E-state index contributed by atoms with van der Waals surface area (Å²) in [6, 6.07) is 20.0. The highest BCUT2D eigenvalue weighted by molar-refractivity contribution is 6.07. The zero-order chi connectivity index (χ0) is 19.0. The maximum Gasteiger partial charge on any atom is 0.279 e. The van der Waals surface area contributed by atoms with Crippen LogP contribution in [0.4, 0.5) is 11.4 Å². The molecule has 5 nitrogen and oxygen atoms in total. The van der Waals surface area contributed by atoms with Gasteiger partial charge in [0.2, 0.25) is 0 Å². The molecular formula is C22H24N4O. The number of nitrogens with zero attached hydrogens (tertiary/aromatic N) is 4. The first-order valence-corrected chi connectivity index (χ1v) is 9.32. The van der Waals surface area contributed by atoms with Gasteiger partial charge in [0.15, 0.2) is 5.69 Å². The smallest absolute Gasteiger partial charge is 0.279 e. The standard InChI is InChI=1S/C22H24N4O/c1-16-13-14-24(3)20-11-7-8-12-21(20)25(16)22(27)19-15-17(2)26(23-19)18-9-5-4-6-10-18/h4-12,15-16H,13-14H2,1-3H3/t16-/m1/s1. The zero-order valence-corrected chi connectivity index (χ0v) is 16.0. The van der Waals surface area contributed by atoms with Gasteiger partial charge in [-0.1, -0.05) is 30.3 Å². The van der Waals surface area contributed by atoms with Gasteiger partial charge in [-0.05, 0) is 50.6 Å². The number of anilines is 2. The van der Waals surface area contributed by atoms with Crippen LogP contribution in [0.1, 0.15) is 29.5 Å². The fourth-order valence-corrected chi connectivity index (χ4v) is 3.70. The van der Waals surface area contributed by atoms with Gasteiger partial charge in [0.05, 0.1) is 17.1 Å². The van der Waals surface area contributed by atoms with Crippen LogP contribution in [-0.2, 0) is 0 Å². The van der Waals surface area contributed by atoms with Gasteiger partial charge in [0.1, 0.15) is 0 Å². The molecule has 2 heterocycles. The Morgan fingerprint density at radius 1 is 1.04 bits per heavy atom. The van der Waals surface area contributed by atoms with Crippen LogP contribution in [0.5, 0.6) is 0 Å². The molecule has 0 spiro atoms. The number of amides is 1. The Bertz CT molecular complexity index is 963. The molecule has 0 bridgehead atoms. The normalized spacial score (nSPS) is 16.8. The predicted molar refractivity (Wildman–Crippen MR) is 109 cm³/mol. The first-order chi connectivity index (χ1) is 13.1. The molecule has 0 radical (unpaired) electrons. The van der Waals surface area contributed by atoms with Gasteiger partial charge in [-0.25, -0.2) is 4.68 Å². The number of fused-ring (bicyclic) bond motifs is 1. The van der Waals surface area contributed by atoms with E-state index >= 15 is 0 Å². The highest BCUT2D eigenvalue weighted by atomic mass is 16.2. The minimum Gasteiger partial charge on any atom is -0.373 e. The Morgan fingerprint density at radius 2 is 1.70 bits per heavy atom. The zero-order valence-electron chi connectivity index (χ0n) is 16.0. The second kappa shape index (κ2) is 6.91. The molecule has 4 rings (SSSR count). The summed E-state index contributed by atoms with van der Waals surface area (Å²) in [6.07, 6.45) is 0.912. The highest BCUT2D eigenvalue weighted by Crippen LogP contribution is 2.34. The van der Waals surface area contributed by atoms with Crippen LogP contribution in [0.15, 0.2) is 60.7 Å². The first kappa shape index (κ1) is 17.3. The Balaban J connectivity index is 1.75. The van der Waals surface area contributed by atoms with E-state index in [1.54, 1.807) is 0 Å². The molecule has 2 aromatic carbocycles. The van der Waals surface area contributed by atoms with E-state index in [4.69, 9.17) is 0 Å². The maximum atomic E-state index is 13.5. The average molecular weight is 360 g/mol. The Labute approximate surface area is 159 Å². The lowest BCUT2D eigenvalue weighted by molar-refractivity contribution is 0.0973. The van der Waals surface area contributed by atoms with Crippen LogP contribution in [0, 0.1) is 6.92 Å². The number of hydrogen-bond donors (Lipinski definition) is 0. The Morgan fingerprint density at radius 3 is 2.44 bits per heavy atom. The minimum atomic E-state index is -0.0527. The summed E-state index contributed by atoms with van der Waals surface area (Å²) < 4.78 is 1.83. The third kappa shape index (κ3) is 3.10. The third-order valence-electron chi connectivity index (χ3n) is 5.20. The monoisotopic (exact) mass is 360 g/mol. The molecule has 0 aliphatic carbocycles. The number of aromatic nitrogens is 2. The quantitative estimate of drug-likeness (QED) is 0.692. The van der Waals surface area contributed by atoms with Crippen molar-refractivity contribution in [1.29, 1.82) is 0 Å². The summed E-state index contributed by atoms with van der Waals surface area (Å²) in [5.74, 6) is -0.0527. The summed E-state index contributed by atoms with van der Waals surface area (Å²) in [5, 5.41) is 4.62. The SMILES string of the molecule is Cc1cc(C(=O)N2c3ccccc3N(C)CC[C@H]2C)nn1-c1ccccc1. The molecule has 138 valence electrons. The summed E-state index contributed by atoms with van der Waals surface area (Å²) in [4.78, 5) is 17.6. The fraction of sp³-hybridized carbons (Fsp3) is 0.273. The van der Waals surface area contributed by atoms with E-state index in [2.05, 4.69) is 30.0 Å². The number of para-hydroxylation sites is 3. The lowest BCUT2D eigenvalue weighted by atomic mass is 10.1. The van der Waals surface area contributed by atoms with Gasteiger partial charge >= 0.3 is 0 Å². The number of rotatable bonds is 2.